The summed E-state index contributed by atoms with van der Waals surface area (Å²) < 4.78 is 22.1. The van der Waals surface area contributed by atoms with Crippen molar-refractivity contribution in [2.75, 3.05) is 0 Å². The van der Waals surface area contributed by atoms with Crippen molar-refractivity contribution in [2.24, 2.45) is 0 Å². The van der Waals surface area contributed by atoms with E-state index in [-0.39, 0.29) is 0 Å². The molecule has 0 amide bonds. The molecule has 0 N–H and O–H groups in total. The summed E-state index contributed by atoms with van der Waals surface area (Å²) in [5.74, 6) is 6.85. The molecule has 18 nitrogen and oxygen atoms in total. The first kappa shape index (κ1) is 76.8. The highest BCUT2D eigenvalue weighted by atomic mass is 15.3. The summed E-state index contributed by atoms with van der Waals surface area (Å²) >= 11 is 0. The van der Waals surface area contributed by atoms with Crippen molar-refractivity contribution < 1.29 is 1.37 Å². The number of nitrogens with zero attached hydrogens (tertiary/aromatic N) is 18. The molecule has 0 aliphatic heterocycles. The maximum absolute atomic E-state index is 9.32. The van der Waals surface area contributed by atoms with Crippen LogP contribution in [0.15, 0.2) is 419 Å². The Kier molecular flexibility index (Phi) is 19.5. The van der Waals surface area contributed by atoms with E-state index in [0.717, 1.165) is 170 Å². The number of rotatable bonds is 14. The molecular formula is C114H80N18. The highest BCUT2D eigenvalue weighted by Crippen LogP contribution is 2.41. The Balaban J connectivity index is 0.000000110. The van der Waals surface area contributed by atoms with Crippen molar-refractivity contribution in [3.05, 3.63) is 424 Å². The number of fused-ring (bicyclic) bond motifs is 15. The zero-order valence-corrected chi connectivity index (χ0v) is 71.4. The lowest BCUT2D eigenvalue weighted by Crippen LogP contribution is -2.07. The SMILES string of the molecule is [2H]C1(c2ccc3c(c2)n2c4ccccc4nc2n3-c2nc(-c3ccccc3)nc(-c3ccccc3)n2)CCCCC1.c1ccc(-c2ccc(-c3ccc4c(c3)n3c5ccccc5nc3n4-c3nc(-c4ccccc4)nc(-c4ccccc4)n3)cc2)cc1.c1ccc(-c2cccc(-c3ccc4c(c3)n3c5ccccc5nc3n4-c3nc(-c4ccccc4)nc(-c4ccccc4)n3)c2)cc1. The summed E-state index contributed by atoms with van der Waals surface area (Å²) in [7, 11) is 0. The van der Waals surface area contributed by atoms with Crippen LogP contribution in [0.1, 0.15) is 44.9 Å². The minimum Gasteiger partial charge on any atom is -0.276 e. The molecule has 9 heterocycles. The van der Waals surface area contributed by atoms with Gasteiger partial charge in [-0.05, 0) is 148 Å². The third kappa shape index (κ3) is 14.5. The minimum atomic E-state index is -0.564. The monoisotopic (exact) mass is 1700 g/mol. The molecule has 0 atom stereocenters. The molecule has 1 aliphatic carbocycles. The van der Waals surface area contributed by atoms with Crippen molar-refractivity contribution in [2.45, 2.75) is 38.0 Å². The Labute approximate surface area is 759 Å². The highest BCUT2D eigenvalue weighted by Gasteiger charge is 2.28. The Morgan fingerprint density at radius 3 is 0.765 bits per heavy atom. The number of aromatic nitrogens is 18. The Bertz CT molecular complexity index is 8480. The van der Waals surface area contributed by atoms with E-state index in [1.54, 1.807) is 0 Å². The van der Waals surface area contributed by atoms with Crippen LogP contribution in [0, 0.1) is 0 Å². The van der Waals surface area contributed by atoms with Crippen LogP contribution in [-0.4, -0.2) is 86.7 Å². The van der Waals surface area contributed by atoms with Gasteiger partial charge in [0.25, 0.3) is 0 Å². The van der Waals surface area contributed by atoms with Crippen LogP contribution in [0.2, 0.25) is 0 Å². The lowest BCUT2D eigenvalue weighted by Gasteiger charge is -2.22. The summed E-state index contributed by atoms with van der Waals surface area (Å²) in [6, 6.07) is 143. The molecule has 0 radical (unpaired) electrons. The fourth-order valence-electron chi connectivity index (χ4n) is 18.3. The first-order valence-corrected chi connectivity index (χ1v) is 44.5. The first-order chi connectivity index (χ1) is 65.8. The summed E-state index contributed by atoms with van der Waals surface area (Å²) in [5, 5.41) is 0. The Morgan fingerprint density at radius 1 is 0.182 bits per heavy atom. The molecule has 1 saturated carbocycles. The molecule has 626 valence electrons. The van der Waals surface area contributed by atoms with Gasteiger partial charge in [0.2, 0.25) is 35.2 Å². The fourth-order valence-corrected chi connectivity index (χ4v) is 18.3. The molecule has 0 saturated heterocycles. The molecule has 16 aromatic carbocycles. The predicted molar refractivity (Wildman–Crippen MR) is 529 cm³/mol. The second-order valence-corrected chi connectivity index (χ2v) is 32.9. The molecule has 132 heavy (non-hydrogen) atoms. The molecular weight excluding hydrogens is 1620 g/mol. The zero-order valence-electron chi connectivity index (χ0n) is 72.4. The van der Waals surface area contributed by atoms with E-state index in [9.17, 15) is 1.37 Å². The molecule has 9 aromatic heterocycles. The number of imidazole rings is 6. The van der Waals surface area contributed by atoms with Crippen LogP contribution < -0.4 is 0 Å². The maximum Gasteiger partial charge on any atom is 0.241 e. The third-order valence-corrected chi connectivity index (χ3v) is 24.8. The average Bonchev–Trinajstić information content (AvgIpc) is 1.57. The van der Waals surface area contributed by atoms with Crippen LogP contribution >= 0.6 is 0 Å². The fraction of sp³-hybridized carbons (Fsp3) is 0.0526. The van der Waals surface area contributed by atoms with Crippen molar-refractivity contribution in [1.29, 1.82) is 0 Å². The van der Waals surface area contributed by atoms with E-state index in [2.05, 4.69) is 204 Å². The van der Waals surface area contributed by atoms with Gasteiger partial charge in [0.1, 0.15) is 0 Å². The van der Waals surface area contributed by atoms with Crippen molar-refractivity contribution >= 4 is 83.5 Å². The van der Waals surface area contributed by atoms with Gasteiger partial charge < -0.3 is 0 Å². The first-order valence-electron chi connectivity index (χ1n) is 45.0. The second kappa shape index (κ2) is 33.6. The molecule has 0 unspecified atom stereocenters. The van der Waals surface area contributed by atoms with Crippen LogP contribution in [0.5, 0.6) is 0 Å². The molecule has 25 aromatic rings. The van der Waals surface area contributed by atoms with Gasteiger partial charge >= 0.3 is 0 Å². The van der Waals surface area contributed by atoms with Gasteiger partial charge in [-0.3, -0.25) is 13.2 Å². The molecule has 1 aliphatic rings. The summed E-state index contributed by atoms with van der Waals surface area (Å²) in [6.07, 6.45) is 5.19. The standard InChI is InChI=1S/2C40H26N6.C34H28N6/c1-4-13-27(14-5-1)30-19-12-20-31(25-30)32-23-24-35-36(26-32)45-34-22-11-10-21-33(34)41-40(45)46(35)39-43-37(28-15-6-2-7-16-28)42-38(44-39)29-17-8-3-9-18-29;1-4-12-27(13-5-1)28-20-22-29(23-21-28)32-24-25-35-36(26-32)45-34-19-11-10-18-33(34)41-40(45)46(35)39-43-37(30-14-6-2-7-15-30)42-38(44-39)31-16-8-3-9-17-31;1-4-12-23(13-5-1)26-20-21-29-30(22-26)39-28-19-11-10-18-27(28)35-34(39)40(29)33-37-31(24-14-6-2-7-15-24)36-32(38-33)25-16-8-3-9-17-25/h2*1-26H;2-3,6-11,14-23H,1,4-5,12-13H2/i;;23D. The number of benzene rings is 16. The molecule has 1 fully saturated rings. The second-order valence-electron chi connectivity index (χ2n) is 32.9. The highest BCUT2D eigenvalue weighted by molar-refractivity contribution is 5.97. The lowest BCUT2D eigenvalue weighted by molar-refractivity contribution is 0.444. The van der Waals surface area contributed by atoms with Gasteiger partial charge in [-0.15, -0.1) is 0 Å². The summed E-state index contributed by atoms with van der Waals surface area (Å²) in [4.78, 5) is 60.2. The summed E-state index contributed by atoms with van der Waals surface area (Å²) in [6.45, 7) is 0. The quantitative estimate of drug-likeness (QED) is 0.101. The van der Waals surface area contributed by atoms with Gasteiger partial charge in [0.15, 0.2) is 34.9 Å². The van der Waals surface area contributed by atoms with E-state index in [0.29, 0.717) is 52.8 Å². The van der Waals surface area contributed by atoms with Crippen LogP contribution in [0.25, 0.3) is 214 Å². The molecule has 0 spiro atoms. The van der Waals surface area contributed by atoms with Gasteiger partial charge in [0, 0.05) is 34.8 Å². The predicted octanol–water partition coefficient (Wildman–Crippen LogP) is 26.6. The normalized spacial score (nSPS) is 12.7. The van der Waals surface area contributed by atoms with Crippen molar-refractivity contribution in [1.82, 2.24) is 86.7 Å². The van der Waals surface area contributed by atoms with E-state index in [1.807, 2.05) is 241 Å². The number of para-hydroxylation sites is 6. The third-order valence-electron chi connectivity index (χ3n) is 24.8. The lowest BCUT2D eigenvalue weighted by atomic mass is 9.84. The maximum atomic E-state index is 9.32. The van der Waals surface area contributed by atoms with Gasteiger partial charge in [-0.25, -0.2) is 43.6 Å². The topological polar surface area (TPSA) is 183 Å². The average molecular weight is 1700 g/mol. The van der Waals surface area contributed by atoms with E-state index in [1.165, 1.54) is 28.7 Å². The van der Waals surface area contributed by atoms with Gasteiger partial charge in [0.05, 0.1) is 66.2 Å². The number of hydrogen-bond acceptors (Lipinski definition) is 12. The summed E-state index contributed by atoms with van der Waals surface area (Å²) in [5.41, 5.74) is 27.6. The molecule has 0 bridgehead atoms. The number of hydrogen-bond donors (Lipinski definition) is 0. The van der Waals surface area contributed by atoms with E-state index in [4.69, 9.17) is 59.8 Å². The molecule has 18 heteroatoms. The van der Waals surface area contributed by atoms with E-state index < -0.39 is 5.89 Å². The Hall–Kier alpha value is -17.6. The smallest absolute Gasteiger partial charge is 0.241 e. The van der Waals surface area contributed by atoms with E-state index >= 15 is 0 Å². The largest absolute Gasteiger partial charge is 0.276 e. The zero-order chi connectivity index (χ0) is 88.3. The van der Waals surface area contributed by atoms with Crippen molar-refractivity contribution in [3.63, 3.8) is 0 Å². The van der Waals surface area contributed by atoms with Gasteiger partial charge in [-0.2, -0.15) is 29.9 Å². The molecule has 26 rings (SSSR count). The van der Waals surface area contributed by atoms with Crippen LogP contribution in [0.3, 0.4) is 0 Å². The van der Waals surface area contributed by atoms with Crippen LogP contribution in [0.4, 0.5) is 0 Å². The van der Waals surface area contributed by atoms with Crippen molar-refractivity contribution in [3.8, 4) is 131 Å². The van der Waals surface area contributed by atoms with Gasteiger partial charge in [-0.1, -0.05) is 359 Å². The Morgan fingerprint density at radius 2 is 0.424 bits per heavy atom. The van der Waals surface area contributed by atoms with Crippen LogP contribution in [-0.2, 0) is 0 Å². The minimum absolute atomic E-state index is 0.513.